The van der Waals surface area contributed by atoms with Crippen molar-refractivity contribution in [1.29, 1.82) is 0 Å². The van der Waals surface area contributed by atoms with Gasteiger partial charge in [-0.2, -0.15) is 0 Å². The summed E-state index contributed by atoms with van der Waals surface area (Å²) in [7, 11) is 0. The van der Waals surface area contributed by atoms with Gasteiger partial charge in [-0.05, 0) is 224 Å². The van der Waals surface area contributed by atoms with Crippen LogP contribution in [0.3, 0.4) is 0 Å². The molecule has 4 aromatic heterocycles. The highest BCUT2D eigenvalue weighted by Gasteiger charge is 2.26. The van der Waals surface area contributed by atoms with Crippen LogP contribution in [0.1, 0.15) is 0 Å². The summed E-state index contributed by atoms with van der Waals surface area (Å²) in [6, 6.07) is 158. The lowest BCUT2D eigenvalue weighted by Crippen LogP contribution is -2.11. The normalized spacial score (nSPS) is 11.7. The van der Waals surface area contributed by atoms with Gasteiger partial charge in [-0.3, -0.25) is 9.13 Å². The second-order valence-corrected chi connectivity index (χ2v) is 31.0. The van der Waals surface area contributed by atoms with Crippen LogP contribution in [0, 0.1) is 0 Å². The van der Waals surface area contributed by atoms with Gasteiger partial charge in [0.05, 0.1) is 33.8 Å². The van der Waals surface area contributed by atoms with E-state index < -0.39 is 0 Å². The standard InChI is InChI=1S/2C57H37N3/c1-2-18-40(19-3-1)55-46-26-8-10-28-48(46)56(49-29-11-9-27-47(49)55)41-33-34-54-51(36-41)50-30-15-35-58-57(50)60(54)43-23-14-22-42(37-43)59(52-31-12-20-38-16-4-6-24-44(38)52)53-32-13-21-39-17-5-7-25-45(39)53;1-2-17-40(18-3-1)55-46-23-8-10-25-48(46)56(49-26-11-9-24-47(49)55)41-30-35-54-51(37-41)50-27-14-36-58-57(50)60(54)43-33-31-42(32-34-43)59(52-28-12-19-38-15-4-6-21-44(38)52)53-29-13-20-39-16-5-7-22-45(39)53/h2*1-37H. The number of hydrogen-bond donors (Lipinski definition) is 0. The highest BCUT2D eigenvalue weighted by atomic mass is 15.2. The van der Waals surface area contributed by atoms with Crippen molar-refractivity contribution in [2.45, 2.75) is 0 Å². The number of rotatable bonds is 12. The first kappa shape index (κ1) is 69.5. The zero-order valence-electron chi connectivity index (χ0n) is 65.4. The van der Waals surface area contributed by atoms with E-state index in [1.54, 1.807) is 0 Å². The summed E-state index contributed by atoms with van der Waals surface area (Å²) in [5, 5.41) is 24.2. The van der Waals surface area contributed by atoms with Gasteiger partial charge in [-0.15, -0.1) is 0 Å². The molecule has 120 heavy (non-hydrogen) atoms. The molecule has 24 aromatic rings. The molecule has 0 amide bonds. The van der Waals surface area contributed by atoms with Crippen LogP contribution < -0.4 is 9.80 Å². The Bertz CT molecular complexity index is 7890. The van der Waals surface area contributed by atoms with Gasteiger partial charge in [0, 0.05) is 78.2 Å². The number of anilines is 6. The number of hydrogen-bond acceptors (Lipinski definition) is 4. The number of fused-ring (bicyclic) bond motifs is 14. The van der Waals surface area contributed by atoms with Crippen LogP contribution in [0.5, 0.6) is 0 Å². The minimum Gasteiger partial charge on any atom is -0.309 e. The van der Waals surface area contributed by atoms with E-state index in [2.05, 4.69) is 450 Å². The second-order valence-electron chi connectivity index (χ2n) is 31.0. The van der Waals surface area contributed by atoms with Crippen molar-refractivity contribution in [2.24, 2.45) is 0 Å². The van der Waals surface area contributed by atoms with Crippen LogP contribution in [-0.4, -0.2) is 19.1 Å². The maximum Gasteiger partial charge on any atom is 0.145 e. The number of pyridine rings is 2. The fraction of sp³-hybridized carbons (Fsp3) is 0. The molecule has 0 radical (unpaired) electrons. The number of aromatic nitrogens is 4. The Labute approximate surface area is 693 Å². The van der Waals surface area contributed by atoms with Crippen LogP contribution in [0.25, 0.3) is 186 Å². The van der Waals surface area contributed by atoms with Gasteiger partial charge in [0.2, 0.25) is 0 Å². The SMILES string of the molecule is c1ccc(-c2c3ccccc3c(-c3ccc4c(c3)c3cccnc3n4-c3ccc(N(c4cccc5ccccc45)c4cccc5ccccc45)cc3)c3ccccc23)cc1.c1ccc(-c2c3ccccc3c(-c3ccc4c(c3)c3cccnc3n4-c3cccc(N(c4cccc5ccccc45)c4cccc5ccccc45)c3)c3ccccc23)cc1. The highest BCUT2D eigenvalue weighted by molar-refractivity contribution is 6.25. The van der Waals surface area contributed by atoms with Crippen LogP contribution in [0.4, 0.5) is 34.1 Å². The van der Waals surface area contributed by atoms with E-state index in [9.17, 15) is 0 Å². The monoisotopic (exact) mass is 1530 g/mol. The number of benzene rings is 20. The molecular weight excluding hydrogens is 1450 g/mol. The van der Waals surface area contributed by atoms with Gasteiger partial charge in [-0.25, -0.2) is 9.97 Å². The largest absolute Gasteiger partial charge is 0.309 e. The lowest BCUT2D eigenvalue weighted by Gasteiger charge is -2.28. The Kier molecular flexibility index (Phi) is 16.8. The molecule has 0 aliphatic heterocycles. The van der Waals surface area contributed by atoms with Crippen molar-refractivity contribution < 1.29 is 0 Å². The van der Waals surface area contributed by atoms with Gasteiger partial charge >= 0.3 is 0 Å². The average Bonchev–Trinajstić information content (AvgIpc) is 1.25. The average molecular weight is 1530 g/mol. The summed E-state index contributed by atoms with van der Waals surface area (Å²) in [6.45, 7) is 0. The van der Waals surface area contributed by atoms with Gasteiger partial charge in [0.25, 0.3) is 0 Å². The Balaban J connectivity index is 0.000000140. The summed E-state index contributed by atoms with van der Waals surface area (Å²) in [5.41, 5.74) is 22.8. The first-order valence-electron chi connectivity index (χ1n) is 41.1. The third kappa shape index (κ3) is 11.6. The molecule has 0 saturated heterocycles. The molecule has 560 valence electrons. The molecule has 0 spiro atoms. The Hall–Kier alpha value is -16.0. The molecule has 0 N–H and O–H groups in total. The topological polar surface area (TPSA) is 42.1 Å². The van der Waals surface area contributed by atoms with E-state index in [1.807, 2.05) is 18.5 Å². The van der Waals surface area contributed by atoms with Crippen molar-refractivity contribution in [3.05, 3.63) is 449 Å². The van der Waals surface area contributed by atoms with Crippen molar-refractivity contribution in [1.82, 2.24) is 19.1 Å². The predicted molar refractivity (Wildman–Crippen MR) is 508 cm³/mol. The van der Waals surface area contributed by atoms with Crippen molar-refractivity contribution in [3.63, 3.8) is 0 Å². The van der Waals surface area contributed by atoms with Gasteiger partial charge < -0.3 is 9.80 Å². The summed E-state index contributed by atoms with van der Waals surface area (Å²) in [5.74, 6) is 0. The minimum absolute atomic E-state index is 0.929. The molecule has 6 heteroatoms. The molecule has 24 rings (SSSR count). The highest BCUT2D eigenvalue weighted by Crippen LogP contribution is 2.51. The zero-order chi connectivity index (χ0) is 79.1. The number of nitrogens with zero attached hydrogens (tertiary/aromatic N) is 6. The first-order valence-corrected chi connectivity index (χ1v) is 41.1. The van der Waals surface area contributed by atoms with Crippen LogP contribution >= 0.6 is 0 Å². The van der Waals surface area contributed by atoms with E-state index >= 15 is 0 Å². The molecular formula is C114H74N6. The van der Waals surface area contributed by atoms with E-state index in [-0.39, 0.29) is 0 Å². The molecule has 0 atom stereocenters. The summed E-state index contributed by atoms with van der Waals surface area (Å²) in [4.78, 5) is 14.9. The van der Waals surface area contributed by atoms with Crippen LogP contribution in [0.15, 0.2) is 449 Å². The molecule has 0 bridgehead atoms. The Morgan fingerprint density at radius 2 is 0.467 bits per heavy atom. The fourth-order valence-corrected chi connectivity index (χ4v) is 19.2. The van der Waals surface area contributed by atoms with Crippen LogP contribution in [0.2, 0.25) is 0 Å². The molecule has 0 aliphatic rings. The smallest absolute Gasteiger partial charge is 0.145 e. The van der Waals surface area contributed by atoms with E-state index in [1.165, 1.54) is 141 Å². The van der Waals surface area contributed by atoms with Crippen molar-refractivity contribution >= 4 is 164 Å². The third-order valence-electron chi connectivity index (χ3n) is 24.4. The van der Waals surface area contributed by atoms with Gasteiger partial charge in [-0.1, -0.05) is 322 Å². The third-order valence-corrected chi connectivity index (χ3v) is 24.4. The molecule has 20 aromatic carbocycles. The molecule has 0 unspecified atom stereocenters. The lowest BCUT2D eigenvalue weighted by atomic mass is 9.86. The van der Waals surface area contributed by atoms with Gasteiger partial charge in [0.1, 0.15) is 11.3 Å². The molecule has 4 heterocycles. The second kappa shape index (κ2) is 29.1. The molecule has 0 saturated carbocycles. The first-order chi connectivity index (χ1) is 59.6. The van der Waals surface area contributed by atoms with E-state index in [0.29, 0.717) is 0 Å². The summed E-state index contributed by atoms with van der Waals surface area (Å²) in [6.07, 6.45) is 3.81. The Morgan fingerprint density at radius 1 is 0.175 bits per heavy atom. The fourth-order valence-electron chi connectivity index (χ4n) is 19.2. The maximum atomic E-state index is 5.06. The lowest BCUT2D eigenvalue weighted by molar-refractivity contribution is 1.13. The molecule has 0 fully saturated rings. The van der Waals surface area contributed by atoms with Gasteiger partial charge in [0.15, 0.2) is 0 Å². The summed E-state index contributed by atoms with van der Waals surface area (Å²) >= 11 is 0. The van der Waals surface area contributed by atoms with Crippen molar-refractivity contribution in [2.75, 3.05) is 9.80 Å². The zero-order valence-corrected chi connectivity index (χ0v) is 65.4. The maximum absolute atomic E-state index is 5.06. The Morgan fingerprint density at radius 3 is 0.833 bits per heavy atom. The quantitative estimate of drug-likeness (QED) is 0.114. The van der Waals surface area contributed by atoms with E-state index in [4.69, 9.17) is 9.97 Å². The van der Waals surface area contributed by atoms with E-state index in [0.717, 1.165) is 78.6 Å². The molecule has 0 aliphatic carbocycles. The predicted octanol–water partition coefficient (Wildman–Crippen LogP) is 31.2. The summed E-state index contributed by atoms with van der Waals surface area (Å²) < 4.78 is 4.64. The van der Waals surface area contributed by atoms with Crippen LogP contribution in [-0.2, 0) is 0 Å². The van der Waals surface area contributed by atoms with Crippen molar-refractivity contribution in [3.8, 4) is 55.9 Å². The molecule has 6 nitrogen and oxygen atoms in total. The minimum atomic E-state index is 0.929.